The number of nitrogens with one attached hydrogen (secondary N) is 2. The van der Waals surface area contributed by atoms with Gasteiger partial charge in [0.25, 0.3) is 0 Å². The van der Waals surface area contributed by atoms with Crippen LogP contribution in [0.1, 0.15) is 34.7 Å². The van der Waals surface area contributed by atoms with Crippen molar-refractivity contribution in [3.8, 4) is 0 Å². The maximum Gasteiger partial charge on any atom is 0.220 e. The van der Waals surface area contributed by atoms with Crippen LogP contribution < -0.4 is 5.32 Å². The minimum atomic E-state index is -0.443. The van der Waals surface area contributed by atoms with Gasteiger partial charge in [0.2, 0.25) is 5.91 Å². The lowest BCUT2D eigenvalue weighted by Gasteiger charge is -2.18. The summed E-state index contributed by atoms with van der Waals surface area (Å²) in [5, 5.41) is 4.43. The van der Waals surface area contributed by atoms with Crippen LogP contribution in [0.3, 0.4) is 0 Å². The van der Waals surface area contributed by atoms with Gasteiger partial charge >= 0.3 is 0 Å². The second-order valence-corrected chi connectivity index (χ2v) is 8.07. The second-order valence-electron chi connectivity index (χ2n) is 7.64. The van der Waals surface area contributed by atoms with E-state index in [1.54, 1.807) is 18.3 Å². The first-order chi connectivity index (χ1) is 15.0. The van der Waals surface area contributed by atoms with Crippen molar-refractivity contribution in [2.75, 3.05) is 6.54 Å². The third kappa shape index (κ3) is 4.94. The molecule has 4 aromatic rings. The summed E-state index contributed by atoms with van der Waals surface area (Å²) in [5.74, 6) is -0.909. The Kier molecular flexibility index (Phi) is 6.33. The average molecular weight is 436 g/mol. The van der Waals surface area contributed by atoms with Crippen molar-refractivity contribution in [2.24, 2.45) is 0 Å². The Morgan fingerprint density at radius 2 is 2.03 bits per heavy atom. The normalized spacial score (nSPS) is 12.1. The van der Waals surface area contributed by atoms with Crippen LogP contribution in [0, 0.1) is 12.7 Å². The van der Waals surface area contributed by atoms with E-state index in [-0.39, 0.29) is 18.1 Å². The van der Waals surface area contributed by atoms with E-state index in [9.17, 15) is 9.18 Å². The van der Waals surface area contributed by atoms with Gasteiger partial charge in [0.1, 0.15) is 5.82 Å². The monoisotopic (exact) mass is 435 g/mol. The van der Waals surface area contributed by atoms with Crippen LogP contribution in [-0.4, -0.2) is 22.4 Å². The van der Waals surface area contributed by atoms with Crippen molar-refractivity contribution in [2.45, 2.75) is 25.7 Å². The van der Waals surface area contributed by atoms with Crippen LogP contribution in [0.4, 0.5) is 4.39 Å². The molecule has 0 spiro atoms. The molecule has 158 valence electrons. The van der Waals surface area contributed by atoms with Crippen molar-refractivity contribution in [1.82, 2.24) is 15.3 Å². The first-order valence-corrected chi connectivity index (χ1v) is 10.6. The molecule has 0 fully saturated rings. The minimum absolute atomic E-state index is 0.127. The van der Waals surface area contributed by atoms with Gasteiger partial charge < -0.3 is 10.3 Å². The molecule has 0 bridgehead atoms. The summed E-state index contributed by atoms with van der Waals surface area (Å²) < 4.78 is 14.8. The molecule has 2 aromatic heterocycles. The molecule has 1 atom stereocenters. The Bertz CT molecular complexity index is 1210. The van der Waals surface area contributed by atoms with Crippen molar-refractivity contribution >= 4 is 28.4 Å². The molecule has 0 radical (unpaired) electrons. The molecular weight excluding hydrogens is 413 g/mol. The van der Waals surface area contributed by atoms with E-state index < -0.39 is 5.92 Å². The highest BCUT2D eigenvalue weighted by Crippen LogP contribution is 2.36. The maximum absolute atomic E-state index is 14.8. The van der Waals surface area contributed by atoms with Gasteiger partial charge in [-0.1, -0.05) is 35.4 Å². The Balaban J connectivity index is 1.60. The predicted octanol–water partition coefficient (Wildman–Crippen LogP) is 5.54. The molecule has 0 saturated heterocycles. The Labute approximate surface area is 185 Å². The molecule has 2 heterocycles. The number of rotatable bonds is 7. The van der Waals surface area contributed by atoms with Gasteiger partial charge in [-0.05, 0) is 54.4 Å². The Hall–Kier alpha value is -3.18. The molecule has 0 aliphatic heterocycles. The minimum Gasteiger partial charge on any atom is -0.361 e. The Morgan fingerprint density at radius 1 is 1.16 bits per heavy atom. The number of halogens is 2. The molecule has 0 aliphatic rings. The van der Waals surface area contributed by atoms with E-state index in [1.807, 2.05) is 49.5 Å². The molecule has 4 rings (SSSR count). The van der Waals surface area contributed by atoms with Crippen LogP contribution in [0.2, 0.25) is 5.02 Å². The average Bonchev–Trinajstić information content (AvgIpc) is 3.17. The predicted molar refractivity (Wildman–Crippen MR) is 122 cm³/mol. The highest BCUT2D eigenvalue weighted by molar-refractivity contribution is 6.31. The highest BCUT2D eigenvalue weighted by Gasteiger charge is 2.24. The van der Waals surface area contributed by atoms with Gasteiger partial charge in [-0.15, -0.1) is 0 Å². The number of aryl methyl sites for hydroxylation is 1. The third-order valence-corrected chi connectivity index (χ3v) is 5.63. The largest absolute Gasteiger partial charge is 0.361 e. The summed E-state index contributed by atoms with van der Waals surface area (Å²) in [7, 11) is 0. The smallest absolute Gasteiger partial charge is 0.220 e. The van der Waals surface area contributed by atoms with Gasteiger partial charge in [0, 0.05) is 59.3 Å². The summed E-state index contributed by atoms with van der Waals surface area (Å²) in [6.45, 7) is 2.39. The summed E-state index contributed by atoms with van der Waals surface area (Å²) >= 11 is 6.21. The first kappa shape index (κ1) is 21.1. The fraction of sp³-hybridized carbons (Fsp3) is 0.200. The number of fused-ring (bicyclic) bond motifs is 1. The number of H-pyrrole nitrogens is 1. The topological polar surface area (TPSA) is 57.8 Å². The zero-order valence-electron chi connectivity index (χ0n) is 17.2. The quantitative estimate of drug-likeness (QED) is 0.400. The fourth-order valence-electron chi connectivity index (χ4n) is 3.85. The molecular formula is C25H23ClFN3O. The summed E-state index contributed by atoms with van der Waals surface area (Å²) in [5.41, 5.74) is 4.10. The number of hydrogen-bond donors (Lipinski definition) is 2. The summed E-state index contributed by atoms with van der Waals surface area (Å²) in [6, 6.07) is 16.2. The van der Waals surface area contributed by atoms with E-state index in [4.69, 9.17) is 11.6 Å². The number of aromatic nitrogens is 2. The van der Waals surface area contributed by atoms with Gasteiger partial charge in [-0.2, -0.15) is 0 Å². The fourth-order valence-corrected chi connectivity index (χ4v) is 4.03. The van der Waals surface area contributed by atoms with E-state index in [2.05, 4.69) is 15.3 Å². The standard InChI is InChI=1S/C25H23ClFN3O/c1-16-5-7-23(27)20(12-16)19(22-15-30-24-8-6-17(26)13-21(22)24)14-25(31)29-11-9-18-4-2-3-10-28-18/h2-8,10,12-13,15,19,30H,9,11,14H2,1H3,(H,29,31)/t19-/m1/s1. The van der Waals surface area contributed by atoms with E-state index in [1.165, 1.54) is 6.07 Å². The molecule has 2 aromatic carbocycles. The number of hydrogen-bond acceptors (Lipinski definition) is 2. The summed E-state index contributed by atoms with van der Waals surface area (Å²) in [6.07, 6.45) is 4.34. The molecule has 2 N–H and O–H groups in total. The molecule has 4 nitrogen and oxygen atoms in total. The number of aromatic amines is 1. The van der Waals surface area contributed by atoms with Gasteiger partial charge in [-0.25, -0.2) is 4.39 Å². The molecule has 6 heteroatoms. The van der Waals surface area contributed by atoms with Gasteiger partial charge in [0.05, 0.1) is 0 Å². The lowest BCUT2D eigenvalue weighted by atomic mass is 9.87. The van der Waals surface area contributed by atoms with Crippen LogP contribution >= 0.6 is 11.6 Å². The maximum atomic E-state index is 14.8. The van der Waals surface area contributed by atoms with E-state index in [0.29, 0.717) is 23.6 Å². The van der Waals surface area contributed by atoms with E-state index >= 15 is 0 Å². The highest BCUT2D eigenvalue weighted by atomic mass is 35.5. The number of amides is 1. The van der Waals surface area contributed by atoms with E-state index in [0.717, 1.165) is 27.7 Å². The zero-order valence-corrected chi connectivity index (χ0v) is 17.9. The second kappa shape index (κ2) is 9.31. The third-order valence-electron chi connectivity index (χ3n) is 5.40. The number of pyridine rings is 1. The van der Waals surface area contributed by atoms with Crippen molar-refractivity contribution in [3.63, 3.8) is 0 Å². The van der Waals surface area contributed by atoms with Gasteiger partial charge in [0.15, 0.2) is 0 Å². The van der Waals surface area contributed by atoms with Crippen molar-refractivity contribution < 1.29 is 9.18 Å². The molecule has 0 saturated carbocycles. The molecule has 0 unspecified atom stereocenters. The SMILES string of the molecule is Cc1ccc(F)c([C@@H](CC(=O)NCCc2ccccn2)c2c[nH]c3ccc(Cl)cc23)c1. The van der Waals surface area contributed by atoms with Crippen molar-refractivity contribution in [3.05, 3.63) is 100 Å². The first-order valence-electron chi connectivity index (χ1n) is 10.2. The van der Waals surface area contributed by atoms with Crippen molar-refractivity contribution in [1.29, 1.82) is 0 Å². The number of nitrogens with zero attached hydrogens (tertiary/aromatic N) is 1. The molecule has 0 aliphatic carbocycles. The lowest BCUT2D eigenvalue weighted by Crippen LogP contribution is -2.27. The van der Waals surface area contributed by atoms with Crippen LogP contribution in [0.25, 0.3) is 10.9 Å². The van der Waals surface area contributed by atoms with Crippen LogP contribution in [0.5, 0.6) is 0 Å². The Morgan fingerprint density at radius 3 is 2.84 bits per heavy atom. The number of carbonyl (C=O) groups excluding carboxylic acids is 1. The van der Waals surface area contributed by atoms with Crippen LogP contribution in [0.15, 0.2) is 67.0 Å². The number of carbonyl (C=O) groups is 1. The molecule has 1 amide bonds. The lowest BCUT2D eigenvalue weighted by molar-refractivity contribution is -0.121. The summed E-state index contributed by atoms with van der Waals surface area (Å²) in [4.78, 5) is 20.3. The van der Waals surface area contributed by atoms with Crippen LogP contribution in [-0.2, 0) is 11.2 Å². The molecule has 31 heavy (non-hydrogen) atoms. The van der Waals surface area contributed by atoms with Gasteiger partial charge in [-0.3, -0.25) is 9.78 Å². The number of benzene rings is 2. The zero-order chi connectivity index (χ0) is 21.8.